The molecule has 0 spiro atoms. The van der Waals surface area contributed by atoms with Crippen LogP contribution in [-0.2, 0) is 14.2 Å². The summed E-state index contributed by atoms with van der Waals surface area (Å²) in [6.45, 7) is 0.634. The van der Waals surface area contributed by atoms with E-state index in [1.54, 1.807) is 0 Å². The molecule has 3 heterocycles. The van der Waals surface area contributed by atoms with Gasteiger partial charge in [-0.1, -0.05) is 0 Å². The van der Waals surface area contributed by atoms with E-state index in [1.807, 2.05) is 0 Å². The molecule has 0 amide bonds. The zero-order valence-electron chi connectivity index (χ0n) is 25.4. The van der Waals surface area contributed by atoms with Crippen molar-refractivity contribution < 1.29 is 73.1 Å². The summed E-state index contributed by atoms with van der Waals surface area (Å²) in [7, 11) is -2.83. The Morgan fingerprint density at radius 1 is 0.884 bits per heavy atom. The summed E-state index contributed by atoms with van der Waals surface area (Å²) in [5.41, 5.74) is -0.779. The van der Waals surface area contributed by atoms with Crippen molar-refractivity contribution in [1.29, 1.82) is 0 Å². The standard InChI is InChI=1S/C28H32O15/c1-10-21(33)23(35)25(37)27(39-10)43-26-24(36)22(34)19(9-29)42-28(26)40-12-6-14(31)20-15(32)8-17(41-18(20)7-12)11-3-4-16(38-2)13(30)5-11/h3-8,10,19,21-31,33-37H,9H2,1-2H3/t10-,19+,21-,22+,23+,24-,25+,26+,27-,28+/m0/s1/i2D3. The Morgan fingerprint density at radius 2 is 1.65 bits per heavy atom. The van der Waals surface area contributed by atoms with Crippen LogP contribution in [0.2, 0.25) is 0 Å². The number of methoxy groups -OCH3 is 1. The SMILES string of the molecule is [2H]C([2H])([2H])Oc1ccc(-c2cc(=O)c3c(O)cc(O[C@@H]4O[C@H](CO)[C@@H](O)[C@H](O)[C@H]4O[C@@H]4O[C@@H](C)[C@H](O)[C@@H](O)[C@H]4O)cc3o2)cc1O. The first-order chi connectivity index (χ1) is 21.6. The number of hydrogen-bond donors (Lipinski definition) is 8. The fraction of sp³-hybridized carbons (Fsp3) is 0.464. The van der Waals surface area contributed by atoms with Gasteiger partial charge in [0.1, 0.15) is 64.9 Å². The maximum absolute atomic E-state index is 12.9. The maximum Gasteiger partial charge on any atom is 0.229 e. The zero-order valence-corrected chi connectivity index (χ0v) is 22.4. The lowest BCUT2D eigenvalue weighted by Gasteiger charge is -2.45. The summed E-state index contributed by atoms with van der Waals surface area (Å²) in [6, 6.07) is 6.80. The van der Waals surface area contributed by atoms with Crippen molar-refractivity contribution in [1.82, 2.24) is 0 Å². The minimum Gasteiger partial charge on any atom is -0.507 e. The Labute approximate surface area is 247 Å². The van der Waals surface area contributed by atoms with Crippen molar-refractivity contribution in [3.63, 3.8) is 0 Å². The summed E-state index contributed by atoms with van der Waals surface area (Å²) in [5, 5.41) is 82.3. The molecule has 8 N–H and O–H groups in total. The molecule has 2 aliphatic heterocycles. The first kappa shape index (κ1) is 27.1. The number of ether oxygens (including phenoxy) is 5. The van der Waals surface area contributed by atoms with Crippen LogP contribution < -0.4 is 14.9 Å². The number of rotatable bonds is 7. The van der Waals surface area contributed by atoms with Gasteiger partial charge in [0.25, 0.3) is 0 Å². The predicted octanol–water partition coefficient (Wildman–Crippen LogP) is -1.09. The quantitative estimate of drug-likeness (QED) is 0.158. The molecule has 3 aromatic rings. The lowest BCUT2D eigenvalue weighted by Crippen LogP contribution is -2.64. The molecule has 234 valence electrons. The van der Waals surface area contributed by atoms with Crippen LogP contribution in [0, 0.1) is 0 Å². The number of aromatic hydroxyl groups is 2. The van der Waals surface area contributed by atoms with Gasteiger partial charge in [0, 0.05) is 23.8 Å². The van der Waals surface area contributed by atoms with Crippen LogP contribution in [0.25, 0.3) is 22.3 Å². The molecular formula is C28H32O15. The molecule has 15 heteroatoms. The molecule has 2 saturated heterocycles. The first-order valence-electron chi connectivity index (χ1n) is 14.6. The van der Waals surface area contributed by atoms with Gasteiger partial charge in [0.15, 0.2) is 29.3 Å². The number of hydrogen-bond acceptors (Lipinski definition) is 15. The number of aliphatic hydroxyl groups is 6. The fourth-order valence-electron chi connectivity index (χ4n) is 4.92. The normalized spacial score (nSPS) is 34.3. The summed E-state index contributed by atoms with van der Waals surface area (Å²) in [5.74, 6) is -1.81. The smallest absolute Gasteiger partial charge is 0.229 e. The Hall–Kier alpha value is -3.51. The van der Waals surface area contributed by atoms with E-state index in [1.165, 1.54) is 19.1 Å². The van der Waals surface area contributed by atoms with Gasteiger partial charge in [0.2, 0.25) is 6.29 Å². The molecule has 0 radical (unpaired) electrons. The molecule has 2 aliphatic rings. The van der Waals surface area contributed by atoms with E-state index in [-0.39, 0.29) is 33.8 Å². The van der Waals surface area contributed by atoms with Gasteiger partial charge in [-0.2, -0.15) is 0 Å². The van der Waals surface area contributed by atoms with Crippen molar-refractivity contribution in [2.45, 2.75) is 68.3 Å². The van der Waals surface area contributed by atoms with Crippen LogP contribution in [0.5, 0.6) is 23.0 Å². The van der Waals surface area contributed by atoms with E-state index in [0.29, 0.717) is 0 Å². The van der Waals surface area contributed by atoms with Crippen molar-refractivity contribution in [2.24, 2.45) is 0 Å². The number of fused-ring (bicyclic) bond motifs is 1. The monoisotopic (exact) mass is 611 g/mol. The summed E-state index contributed by atoms with van der Waals surface area (Å²) in [6.07, 6.45) is -15.8. The van der Waals surface area contributed by atoms with Gasteiger partial charge in [-0.3, -0.25) is 4.79 Å². The molecule has 1 aromatic heterocycles. The van der Waals surface area contributed by atoms with Gasteiger partial charge in [-0.05, 0) is 25.1 Å². The van der Waals surface area contributed by atoms with E-state index < -0.39 is 92.0 Å². The average Bonchev–Trinajstić information content (AvgIpc) is 2.98. The Balaban J connectivity index is 1.47. The Bertz CT molecular complexity index is 1610. The highest BCUT2D eigenvalue weighted by Gasteiger charge is 2.50. The molecule has 15 nitrogen and oxygen atoms in total. The van der Waals surface area contributed by atoms with Crippen LogP contribution in [0.4, 0.5) is 0 Å². The van der Waals surface area contributed by atoms with Crippen LogP contribution >= 0.6 is 0 Å². The molecule has 43 heavy (non-hydrogen) atoms. The molecule has 5 rings (SSSR count). The number of aliphatic hydroxyl groups excluding tert-OH is 6. The maximum atomic E-state index is 12.9. The van der Waals surface area contributed by atoms with E-state index in [9.17, 15) is 45.6 Å². The molecule has 10 atom stereocenters. The molecular weight excluding hydrogens is 576 g/mol. The predicted molar refractivity (Wildman–Crippen MR) is 143 cm³/mol. The largest absolute Gasteiger partial charge is 0.507 e. The Morgan fingerprint density at radius 3 is 2.35 bits per heavy atom. The number of phenols is 2. The van der Waals surface area contributed by atoms with Gasteiger partial charge < -0.3 is 69.0 Å². The van der Waals surface area contributed by atoms with Crippen LogP contribution in [0.3, 0.4) is 0 Å². The molecule has 0 unspecified atom stereocenters. The van der Waals surface area contributed by atoms with E-state index in [2.05, 4.69) is 0 Å². The lowest BCUT2D eigenvalue weighted by molar-refractivity contribution is -0.354. The Kier molecular flexibility index (Phi) is 7.70. The van der Waals surface area contributed by atoms with E-state index >= 15 is 0 Å². The molecule has 2 aromatic carbocycles. The second-order valence-corrected chi connectivity index (χ2v) is 10.2. The highest BCUT2D eigenvalue weighted by Crippen LogP contribution is 2.36. The third-order valence-corrected chi connectivity index (χ3v) is 7.31. The summed E-state index contributed by atoms with van der Waals surface area (Å²) < 4.78 is 54.6. The summed E-state index contributed by atoms with van der Waals surface area (Å²) in [4.78, 5) is 12.9. The highest BCUT2D eigenvalue weighted by molar-refractivity contribution is 5.86. The average molecular weight is 612 g/mol. The first-order valence-corrected chi connectivity index (χ1v) is 13.1. The third-order valence-electron chi connectivity index (χ3n) is 7.31. The number of phenolic OH excluding ortho intramolecular Hbond substituents is 2. The zero-order chi connectivity index (χ0) is 33.7. The summed E-state index contributed by atoms with van der Waals surface area (Å²) >= 11 is 0. The van der Waals surface area contributed by atoms with E-state index in [0.717, 1.165) is 24.3 Å². The van der Waals surface area contributed by atoms with Crippen molar-refractivity contribution in [3.05, 3.63) is 46.6 Å². The van der Waals surface area contributed by atoms with Crippen LogP contribution in [-0.4, -0.2) is 116 Å². The molecule has 0 saturated carbocycles. The third kappa shape index (κ3) is 5.86. The van der Waals surface area contributed by atoms with Crippen molar-refractivity contribution >= 4 is 11.0 Å². The van der Waals surface area contributed by atoms with Gasteiger partial charge in [-0.15, -0.1) is 0 Å². The number of benzene rings is 2. The minimum absolute atomic E-state index is 0.0999. The second-order valence-electron chi connectivity index (χ2n) is 10.2. The minimum atomic E-state index is -2.83. The van der Waals surface area contributed by atoms with Gasteiger partial charge >= 0.3 is 0 Å². The van der Waals surface area contributed by atoms with Crippen LogP contribution in [0.15, 0.2) is 45.6 Å². The van der Waals surface area contributed by atoms with E-state index in [4.69, 9.17) is 32.2 Å². The van der Waals surface area contributed by atoms with Gasteiger partial charge in [-0.25, -0.2) is 0 Å². The molecule has 0 aliphatic carbocycles. The second kappa shape index (κ2) is 12.2. The lowest BCUT2D eigenvalue weighted by atomic mass is 9.97. The van der Waals surface area contributed by atoms with Crippen molar-refractivity contribution in [3.8, 4) is 34.3 Å². The molecule has 2 fully saturated rings. The topological polar surface area (TPSA) is 238 Å². The van der Waals surface area contributed by atoms with Crippen LogP contribution in [0.1, 0.15) is 11.0 Å². The fourth-order valence-corrected chi connectivity index (χ4v) is 4.92. The highest BCUT2D eigenvalue weighted by atomic mass is 16.8. The van der Waals surface area contributed by atoms with Crippen molar-refractivity contribution in [2.75, 3.05) is 13.6 Å². The molecule has 0 bridgehead atoms. The van der Waals surface area contributed by atoms with Gasteiger partial charge in [0.05, 0.1) is 23.9 Å².